The number of methoxy groups -OCH3 is 1. The van der Waals surface area contributed by atoms with Gasteiger partial charge in [0.1, 0.15) is 17.3 Å². The molecule has 1 N–H and O–H groups in total. The number of hydrogen-bond donors (Lipinski definition) is 1. The second-order valence-electron chi connectivity index (χ2n) is 7.46. The van der Waals surface area contributed by atoms with Gasteiger partial charge in [-0.2, -0.15) is 5.10 Å². The van der Waals surface area contributed by atoms with Crippen LogP contribution < -0.4 is 4.74 Å². The minimum atomic E-state index is -0.376. The van der Waals surface area contributed by atoms with Gasteiger partial charge in [0.15, 0.2) is 0 Å². The average Bonchev–Trinajstić information content (AvgIpc) is 3.35. The molecule has 1 unspecified atom stereocenters. The largest absolute Gasteiger partial charge is 0.497 e. The third kappa shape index (κ3) is 3.36. The minimum Gasteiger partial charge on any atom is -0.497 e. The summed E-state index contributed by atoms with van der Waals surface area (Å²) in [6.45, 7) is 0.404. The lowest BCUT2D eigenvalue weighted by Gasteiger charge is -2.26. The summed E-state index contributed by atoms with van der Waals surface area (Å²) in [6.07, 6.45) is 0. The molecule has 6 heteroatoms. The monoisotopic (exact) mass is 413 g/mol. The van der Waals surface area contributed by atoms with E-state index in [1.165, 1.54) is 12.1 Å². The van der Waals surface area contributed by atoms with E-state index in [0.29, 0.717) is 12.2 Å². The molecule has 1 aliphatic heterocycles. The molecule has 1 aromatic heterocycles. The second kappa shape index (κ2) is 7.72. The first-order valence-corrected chi connectivity index (χ1v) is 9.99. The summed E-state index contributed by atoms with van der Waals surface area (Å²) in [5.74, 6) is 0.313. The number of H-pyrrole nitrogens is 1. The van der Waals surface area contributed by atoms with Gasteiger partial charge in [0.25, 0.3) is 5.91 Å². The molecule has 0 spiro atoms. The molecular weight excluding hydrogens is 393 g/mol. The number of aromatic nitrogens is 2. The zero-order chi connectivity index (χ0) is 21.4. The van der Waals surface area contributed by atoms with E-state index < -0.39 is 0 Å². The lowest BCUT2D eigenvalue weighted by atomic mass is 9.96. The number of carbonyl (C=O) groups is 1. The van der Waals surface area contributed by atoms with Crippen LogP contribution in [0.5, 0.6) is 5.75 Å². The smallest absolute Gasteiger partial charge is 0.273 e. The fourth-order valence-electron chi connectivity index (χ4n) is 4.10. The number of rotatable bonds is 5. The Kier molecular flexibility index (Phi) is 4.75. The molecule has 1 aliphatic rings. The Morgan fingerprint density at radius 3 is 2.39 bits per heavy atom. The van der Waals surface area contributed by atoms with Crippen molar-refractivity contribution < 1.29 is 13.9 Å². The van der Waals surface area contributed by atoms with Crippen molar-refractivity contribution in [3.05, 3.63) is 107 Å². The summed E-state index contributed by atoms with van der Waals surface area (Å²) >= 11 is 0. The number of benzene rings is 3. The first-order valence-electron chi connectivity index (χ1n) is 9.99. The van der Waals surface area contributed by atoms with Gasteiger partial charge in [-0.05, 0) is 35.4 Å². The number of fused-ring (bicyclic) bond motifs is 1. The average molecular weight is 413 g/mol. The number of aromatic amines is 1. The van der Waals surface area contributed by atoms with E-state index in [9.17, 15) is 9.18 Å². The molecule has 0 radical (unpaired) electrons. The molecule has 5 nitrogen and oxygen atoms in total. The van der Waals surface area contributed by atoms with Crippen LogP contribution in [0.2, 0.25) is 0 Å². The van der Waals surface area contributed by atoms with Crippen molar-refractivity contribution in [1.82, 2.24) is 15.1 Å². The summed E-state index contributed by atoms with van der Waals surface area (Å²) in [5, 5.41) is 7.40. The standard InChI is InChI=1S/C25H20FN3O2/c1-31-20-13-7-16(8-14-20)15-29-24(18-9-11-19(26)12-10-18)21-22(17-5-3-2-4-6-17)27-28-23(21)25(29)30/h2-14,24H,15H2,1H3,(H,27,28). The first kappa shape index (κ1) is 19.1. The fraction of sp³-hybridized carbons (Fsp3) is 0.120. The Labute approximate surface area is 179 Å². The van der Waals surface area contributed by atoms with E-state index in [-0.39, 0.29) is 17.8 Å². The van der Waals surface area contributed by atoms with Crippen LogP contribution in [-0.4, -0.2) is 28.1 Å². The molecule has 0 saturated carbocycles. The van der Waals surface area contributed by atoms with Crippen molar-refractivity contribution in [2.45, 2.75) is 12.6 Å². The highest BCUT2D eigenvalue weighted by molar-refractivity contribution is 6.00. The van der Waals surface area contributed by atoms with Gasteiger partial charge in [-0.15, -0.1) is 0 Å². The van der Waals surface area contributed by atoms with E-state index in [2.05, 4.69) is 10.2 Å². The molecule has 3 aromatic carbocycles. The Hall–Kier alpha value is -3.93. The molecule has 31 heavy (non-hydrogen) atoms. The van der Waals surface area contributed by atoms with Crippen LogP contribution in [0, 0.1) is 5.82 Å². The lowest BCUT2D eigenvalue weighted by Crippen LogP contribution is -2.29. The third-order valence-electron chi connectivity index (χ3n) is 5.61. The highest BCUT2D eigenvalue weighted by atomic mass is 19.1. The predicted molar refractivity (Wildman–Crippen MR) is 115 cm³/mol. The van der Waals surface area contributed by atoms with Crippen LogP contribution in [0.1, 0.15) is 33.2 Å². The van der Waals surface area contributed by atoms with Crippen molar-refractivity contribution in [2.75, 3.05) is 7.11 Å². The maximum Gasteiger partial charge on any atom is 0.273 e. The fourth-order valence-corrected chi connectivity index (χ4v) is 4.10. The Morgan fingerprint density at radius 2 is 1.71 bits per heavy atom. The SMILES string of the molecule is COc1ccc(CN2C(=O)c3[nH]nc(-c4ccccc4)c3C2c2ccc(F)cc2)cc1. The van der Waals surface area contributed by atoms with Gasteiger partial charge in [-0.3, -0.25) is 9.89 Å². The summed E-state index contributed by atoms with van der Waals surface area (Å²) < 4.78 is 18.9. The zero-order valence-electron chi connectivity index (χ0n) is 16.9. The number of ether oxygens (including phenoxy) is 1. The highest BCUT2D eigenvalue weighted by Crippen LogP contribution is 2.43. The predicted octanol–water partition coefficient (Wildman–Crippen LogP) is 4.97. The molecule has 1 amide bonds. The summed E-state index contributed by atoms with van der Waals surface area (Å²) in [7, 11) is 1.62. The van der Waals surface area contributed by atoms with Gasteiger partial charge in [0, 0.05) is 17.7 Å². The van der Waals surface area contributed by atoms with Crippen LogP contribution in [0.15, 0.2) is 78.9 Å². The van der Waals surface area contributed by atoms with E-state index >= 15 is 0 Å². The maximum atomic E-state index is 13.6. The summed E-state index contributed by atoms with van der Waals surface area (Å²) in [6, 6.07) is 23.3. The molecule has 154 valence electrons. The van der Waals surface area contributed by atoms with E-state index in [0.717, 1.165) is 33.7 Å². The summed E-state index contributed by atoms with van der Waals surface area (Å²) in [5.41, 5.74) is 4.75. The molecule has 1 atom stereocenters. The molecule has 5 rings (SSSR count). The molecule has 0 aliphatic carbocycles. The molecular formula is C25H20FN3O2. The van der Waals surface area contributed by atoms with E-state index in [1.54, 1.807) is 24.1 Å². The van der Waals surface area contributed by atoms with Crippen molar-refractivity contribution in [3.8, 4) is 17.0 Å². The van der Waals surface area contributed by atoms with E-state index in [1.807, 2.05) is 54.6 Å². The van der Waals surface area contributed by atoms with Gasteiger partial charge in [-0.1, -0.05) is 54.6 Å². The van der Waals surface area contributed by atoms with Crippen molar-refractivity contribution in [1.29, 1.82) is 0 Å². The van der Waals surface area contributed by atoms with Crippen molar-refractivity contribution >= 4 is 5.91 Å². The molecule has 4 aromatic rings. The topological polar surface area (TPSA) is 58.2 Å². The molecule has 0 bridgehead atoms. The number of nitrogens with one attached hydrogen (secondary N) is 1. The Bertz CT molecular complexity index is 1220. The maximum absolute atomic E-state index is 13.6. The highest BCUT2D eigenvalue weighted by Gasteiger charge is 2.42. The van der Waals surface area contributed by atoms with Gasteiger partial charge in [0.05, 0.1) is 18.8 Å². The normalized spacial score (nSPS) is 15.2. The van der Waals surface area contributed by atoms with Crippen LogP contribution in [0.4, 0.5) is 4.39 Å². The third-order valence-corrected chi connectivity index (χ3v) is 5.61. The minimum absolute atomic E-state index is 0.130. The van der Waals surface area contributed by atoms with Crippen LogP contribution in [0.3, 0.4) is 0 Å². The van der Waals surface area contributed by atoms with Gasteiger partial charge in [0.2, 0.25) is 0 Å². The molecule has 0 fully saturated rings. The summed E-state index contributed by atoms with van der Waals surface area (Å²) in [4.78, 5) is 15.2. The Balaban J connectivity index is 1.61. The van der Waals surface area contributed by atoms with Crippen LogP contribution in [-0.2, 0) is 6.54 Å². The number of amides is 1. The Morgan fingerprint density at radius 1 is 1.00 bits per heavy atom. The number of halogens is 1. The van der Waals surface area contributed by atoms with Gasteiger partial charge >= 0.3 is 0 Å². The first-order chi connectivity index (χ1) is 15.2. The number of hydrogen-bond acceptors (Lipinski definition) is 3. The molecule has 2 heterocycles. The second-order valence-corrected chi connectivity index (χ2v) is 7.46. The zero-order valence-corrected chi connectivity index (χ0v) is 16.9. The number of nitrogens with zero attached hydrogens (tertiary/aromatic N) is 2. The lowest BCUT2D eigenvalue weighted by molar-refractivity contribution is 0.0730. The van der Waals surface area contributed by atoms with Crippen LogP contribution >= 0.6 is 0 Å². The van der Waals surface area contributed by atoms with Crippen LogP contribution in [0.25, 0.3) is 11.3 Å². The quantitative estimate of drug-likeness (QED) is 0.503. The van der Waals surface area contributed by atoms with Crippen molar-refractivity contribution in [2.24, 2.45) is 0 Å². The number of carbonyl (C=O) groups excluding carboxylic acids is 1. The molecule has 0 saturated heterocycles. The van der Waals surface area contributed by atoms with E-state index in [4.69, 9.17) is 4.74 Å². The van der Waals surface area contributed by atoms with Gasteiger partial charge in [-0.25, -0.2) is 4.39 Å². The van der Waals surface area contributed by atoms with Crippen molar-refractivity contribution in [3.63, 3.8) is 0 Å². The van der Waals surface area contributed by atoms with Gasteiger partial charge < -0.3 is 9.64 Å².